The van der Waals surface area contributed by atoms with Crippen LogP contribution in [0.4, 0.5) is 0 Å². The van der Waals surface area contributed by atoms with E-state index in [1.165, 1.54) is 0 Å². The summed E-state index contributed by atoms with van der Waals surface area (Å²) in [6, 6.07) is 6.93. The number of aliphatic hydroxyl groups is 1. The molecule has 1 unspecified atom stereocenters. The first kappa shape index (κ1) is 18.8. The number of hydrogen-bond donors (Lipinski definition) is 1. The van der Waals surface area contributed by atoms with Crippen molar-refractivity contribution in [3.8, 4) is 11.3 Å². The zero-order chi connectivity index (χ0) is 17.9. The van der Waals surface area contributed by atoms with E-state index in [-0.39, 0.29) is 30.3 Å². The number of halogens is 2. The van der Waals surface area contributed by atoms with Gasteiger partial charge in [-0.3, -0.25) is 4.68 Å². The topological polar surface area (TPSA) is 64.3 Å². The van der Waals surface area contributed by atoms with E-state index in [0.29, 0.717) is 16.3 Å². The van der Waals surface area contributed by atoms with E-state index in [1.54, 1.807) is 23.7 Å². The molecule has 5 nitrogen and oxygen atoms in total. The molecular formula is C17H20Cl2N2O3. The lowest BCUT2D eigenvalue weighted by Gasteiger charge is -2.18. The molecule has 0 radical (unpaired) electrons. The minimum atomic E-state index is -0.565. The van der Waals surface area contributed by atoms with Gasteiger partial charge in [0.1, 0.15) is 0 Å². The molecule has 0 amide bonds. The third-order valence-corrected chi connectivity index (χ3v) is 4.42. The van der Waals surface area contributed by atoms with E-state index < -0.39 is 5.97 Å². The first-order valence-corrected chi connectivity index (χ1v) is 8.51. The molecule has 7 heteroatoms. The Bertz CT molecular complexity index is 711. The first-order valence-electron chi connectivity index (χ1n) is 7.70. The van der Waals surface area contributed by atoms with Gasteiger partial charge in [0.25, 0.3) is 0 Å². The Kier molecular flexibility index (Phi) is 6.27. The number of carbonyl (C=O) groups excluding carboxylic acids is 1. The molecule has 0 bridgehead atoms. The second-order valence-electron chi connectivity index (χ2n) is 5.42. The van der Waals surface area contributed by atoms with Crippen LogP contribution in [-0.2, 0) is 11.3 Å². The number of aromatic nitrogens is 2. The lowest BCUT2D eigenvalue weighted by molar-refractivity contribution is 0.0514. The van der Waals surface area contributed by atoms with E-state index in [9.17, 15) is 9.90 Å². The van der Waals surface area contributed by atoms with E-state index in [0.717, 1.165) is 5.56 Å². The van der Waals surface area contributed by atoms with Crippen molar-refractivity contribution >= 4 is 29.2 Å². The standard InChI is InChI=1S/C17H20Cl2N2O3/c1-4-24-17(23)15-14(9-22)16(12-5-7-13(19)8-6-12)21(20-15)11(3)10(2)18/h5-8,10-11,22H,4,9H2,1-3H3/t10?,11-/m0/s1. The Morgan fingerprint density at radius 2 is 1.96 bits per heavy atom. The van der Waals surface area contributed by atoms with Crippen molar-refractivity contribution in [3.63, 3.8) is 0 Å². The maximum atomic E-state index is 12.2. The van der Waals surface area contributed by atoms with Gasteiger partial charge in [-0.1, -0.05) is 23.7 Å². The molecule has 24 heavy (non-hydrogen) atoms. The molecule has 0 fully saturated rings. The summed E-state index contributed by atoms with van der Waals surface area (Å²) in [7, 11) is 0. The van der Waals surface area contributed by atoms with Crippen LogP contribution < -0.4 is 0 Å². The number of hydrogen-bond acceptors (Lipinski definition) is 4. The molecule has 0 saturated heterocycles. The van der Waals surface area contributed by atoms with Crippen molar-refractivity contribution in [2.75, 3.05) is 6.61 Å². The van der Waals surface area contributed by atoms with Gasteiger partial charge in [-0.05, 0) is 32.9 Å². The van der Waals surface area contributed by atoms with Gasteiger partial charge in [0, 0.05) is 16.1 Å². The predicted molar refractivity (Wildman–Crippen MR) is 94.6 cm³/mol. The lowest BCUT2D eigenvalue weighted by atomic mass is 10.1. The van der Waals surface area contributed by atoms with Crippen LogP contribution in [0.3, 0.4) is 0 Å². The normalized spacial score (nSPS) is 13.6. The van der Waals surface area contributed by atoms with Crippen LogP contribution in [0.1, 0.15) is 42.9 Å². The number of ether oxygens (including phenoxy) is 1. The van der Waals surface area contributed by atoms with E-state index in [4.69, 9.17) is 27.9 Å². The van der Waals surface area contributed by atoms with Crippen LogP contribution in [0.25, 0.3) is 11.3 Å². The fraction of sp³-hybridized carbons (Fsp3) is 0.412. The maximum absolute atomic E-state index is 12.2. The minimum Gasteiger partial charge on any atom is -0.461 e. The molecule has 130 valence electrons. The van der Waals surface area contributed by atoms with Crippen LogP contribution in [0.15, 0.2) is 24.3 Å². The molecule has 0 saturated carbocycles. The van der Waals surface area contributed by atoms with Crippen molar-refractivity contribution in [1.82, 2.24) is 9.78 Å². The molecule has 1 heterocycles. The zero-order valence-corrected chi connectivity index (χ0v) is 15.3. The summed E-state index contributed by atoms with van der Waals surface area (Å²) in [5.74, 6) is -0.565. The second kappa shape index (κ2) is 8.01. The summed E-state index contributed by atoms with van der Waals surface area (Å²) >= 11 is 12.2. The average Bonchev–Trinajstić information content (AvgIpc) is 2.94. The Morgan fingerprint density at radius 3 is 2.46 bits per heavy atom. The number of rotatable bonds is 6. The Labute approximate surface area is 151 Å². The highest BCUT2D eigenvalue weighted by atomic mass is 35.5. The Balaban J connectivity index is 2.68. The van der Waals surface area contributed by atoms with Gasteiger partial charge in [0.2, 0.25) is 0 Å². The number of esters is 1. The van der Waals surface area contributed by atoms with Crippen molar-refractivity contribution in [2.45, 2.75) is 38.8 Å². The molecule has 0 spiro atoms. The summed E-state index contributed by atoms with van der Waals surface area (Å²) in [5.41, 5.74) is 1.95. The molecular weight excluding hydrogens is 351 g/mol. The van der Waals surface area contributed by atoms with Gasteiger partial charge < -0.3 is 9.84 Å². The summed E-state index contributed by atoms with van der Waals surface area (Å²) in [5, 5.41) is 14.6. The van der Waals surface area contributed by atoms with Crippen LogP contribution in [0.5, 0.6) is 0 Å². The van der Waals surface area contributed by atoms with Crippen LogP contribution >= 0.6 is 23.2 Å². The fourth-order valence-electron chi connectivity index (χ4n) is 2.39. The van der Waals surface area contributed by atoms with Gasteiger partial charge >= 0.3 is 5.97 Å². The Hall–Kier alpha value is -1.56. The van der Waals surface area contributed by atoms with Gasteiger partial charge in [0.15, 0.2) is 5.69 Å². The summed E-state index contributed by atoms with van der Waals surface area (Å²) in [4.78, 5) is 12.2. The lowest BCUT2D eigenvalue weighted by Crippen LogP contribution is -2.17. The number of benzene rings is 1. The van der Waals surface area contributed by atoms with Crippen LogP contribution in [-0.4, -0.2) is 32.8 Å². The monoisotopic (exact) mass is 370 g/mol. The highest BCUT2D eigenvalue weighted by molar-refractivity contribution is 6.30. The molecule has 1 aromatic carbocycles. The van der Waals surface area contributed by atoms with E-state index >= 15 is 0 Å². The number of aliphatic hydroxyl groups excluding tert-OH is 1. The summed E-state index contributed by atoms with van der Waals surface area (Å²) in [6.07, 6.45) is 0. The zero-order valence-electron chi connectivity index (χ0n) is 13.8. The predicted octanol–water partition coefficient (Wildman–Crippen LogP) is 4.06. The van der Waals surface area contributed by atoms with Crippen molar-refractivity contribution in [3.05, 3.63) is 40.5 Å². The van der Waals surface area contributed by atoms with Crippen molar-refractivity contribution in [2.24, 2.45) is 0 Å². The number of alkyl halides is 1. The SMILES string of the molecule is CCOC(=O)c1nn([C@@H](C)C(C)Cl)c(-c2ccc(Cl)cc2)c1CO. The van der Waals surface area contributed by atoms with Crippen LogP contribution in [0, 0.1) is 0 Å². The molecule has 0 aliphatic carbocycles. The van der Waals surface area contributed by atoms with E-state index in [1.807, 2.05) is 26.0 Å². The molecule has 0 aliphatic rings. The van der Waals surface area contributed by atoms with Crippen molar-refractivity contribution < 1.29 is 14.6 Å². The largest absolute Gasteiger partial charge is 0.461 e. The quantitative estimate of drug-likeness (QED) is 0.614. The highest BCUT2D eigenvalue weighted by Crippen LogP contribution is 2.32. The van der Waals surface area contributed by atoms with Gasteiger partial charge in [-0.25, -0.2) is 4.79 Å². The van der Waals surface area contributed by atoms with Crippen molar-refractivity contribution in [1.29, 1.82) is 0 Å². The molecule has 1 aromatic heterocycles. The third kappa shape index (κ3) is 3.74. The van der Waals surface area contributed by atoms with Crippen LogP contribution in [0.2, 0.25) is 5.02 Å². The summed E-state index contributed by atoms with van der Waals surface area (Å²) in [6.45, 7) is 5.36. The molecule has 2 rings (SSSR count). The number of nitrogens with zero attached hydrogens (tertiary/aromatic N) is 2. The van der Waals surface area contributed by atoms with Gasteiger partial charge in [0.05, 0.1) is 30.3 Å². The first-order chi connectivity index (χ1) is 11.4. The second-order valence-corrected chi connectivity index (χ2v) is 6.55. The summed E-state index contributed by atoms with van der Waals surface area (Å²) < 4.78 is 6.72. The maximum Gasteiger partial charge on any atom is 0.359 e. The average molecular weight is 371 g/mol. The van der Waals surface area contributed by atoms with Gasteiger partial charge in [-0.15, -0.1) is 11.6 Å². The smallest absolute Gasteiger partial charge is 0.359 e. The third-order valence-electron chi connectivity index (χ3n) is 3.80. The molecule has 0 aliphatic heterocycles. The van der Waals surface area contributed by atoms with Gasteiger partial charge in [-0.2, -0.15) is 5.10 Å². The molecule has 1 N–H and O–H groups in total. The number of carbonyl (C=O) groups is 1. The van der Waals surface area contributed by atoms with E-state index in [2.05, 4.69) is 5.10 Å². The molecule has 2 atom stereocenters. The Morgan fingerprint density at radius 1 is 1.33 bits per heavy atom. The minimum absolute atomic E-state index is 0.105. The highest BCUT2D eigenvalue weighted by Gasteiger charge is 2.27. The molecule has 2 aromatic rings. The fourth-order valence-corrected chi connectivity index (χ4v) is 2.62.